The van der Waals surface area contributed by atoms with E-state index in [0.29, 0.717) is 38.5 Å². The van der Waals surface area contributed by atoms with E-state index < -0.39 is 11.6 Å². The van der Waals surface area contributed by atoms with Crippen molar-refractivity contribution in [3.63, 3.8) is 0 Å². The van der Waals surface area contributed by atoms with Crippen LogP contribution in [0.3, 0.4) is 0 Å². The maximum Gasteiger partial charge on any atom is 1.00 e. The van der Waals surface area contributed by atoms with Crippen LogP contribution in [0.2, 0.25) is 0 Å². The molecular weight excluding hydrogens is 659 g/mol. The van der Waals surface area contributed by atoms with Crippen LogP contribution in [0.5, 0.6) is 0 Å². The van der Waals surface area contributed by atoms with E-state index in [2.05, 4.69) is 36.3 Å². The van der Waals surface area contributed by atoms with Crippen LogP contribution in [0.1, 0.15) is 121 Å². The number of Topliss-reactive ketones (excluding diaryl/α,β-unsaturated/α-hetero) is 4. The molecule has 0 fully saturated rings. The van der Waals surface area contributed by atoms with Crippen LogP contribution in [-0.4, -0.2) is 70.2 Å². The van der Waals surface area contributed by atoms with Gasteiger partial charge < -0.3 is 52.1 Å². The zero-order valence-electron chi connectivity index (χ0n) is 28.9. The summed E-state index contributed by atoms with van der Waals surface area (Å²) in [6.45, 7) is 17.3. The van der Waals surface area contributed by atoms with Crippen LogP contribution in [-0.2, 0) is 24.0 Å². The molecule has 0 rings (SSSR count). The Labute approximate surface area is 303 Å². The second kappa shape index (κ2) is 34.2. The second-order valence-electron chi connectivity index (χ2n) is 11.5. The molecule has 0 saturated heterocycles. The van der Waals surface area contributed by atoms with Gasteiger partial charge in [-0.1, -0.05) is 39.5 Å². The molecule has 0 aliphatic rings. The summed E-state index contributed by atoms with van der Waals surface area (Å²) in [7, 11) is 0. The Morgan fingerprint density at radius 1 is 0.733 bits per heavy atom. The molecule has 0 aromatic rings. The normalized spacial score (nSPS) is 9.69. The predicted octanol–water partition coefficient (Wildman–Crippen LogP) is 1.83. The first-order valence-corrected chi connectivity index (χ1v) is 14.9. The van der Waals surface area contributed by atoms with E-state index in [-0.39, 0.29) is 86.1 Å². The number of carboxylic acid groups (broad SMARTS) is 1. The molecule has 0 aromatic carbocycles. The Bertz CT molecular complexity index is 822. The van der Waals surface area contributed by atoms with Gasteiger partial charge in [0.1, 0.15) is 23.1 Å². The van der Waals surface area contributed by atoms with E-state index in [4.69, 9.17) is 21.4 Å². The van der Waals surface area contributed by atoms with Gasteiger partial charge in [0.25, 0.3) is 0 Å². The second-order valence-corrected chi connectivity index (χ2v) is 14.9. The van der Waals surface area contributed by atoms with Gasteiger partial charge in [0.2, 0.25) is 0 Å². The number of ketones is 4. The number of nitrogens with one attached hydrogen (secondary N) is 1. The third-order valence-electron chi connectivity index (χ3n) is 4.33. The molecule has 10 N–H and O–H groups in total. The number of hydrogen-bond acceptors (Lipinski definition) is 11. The summed E-state index contributed by atoms with van der Waals surface area (Å²) in [5.74, 6) is -0.262. The van der Waals surface area contributed by atoms with Crippen LogP contribution < -0.4 is 36.1 Å². The summed E-state index contributed by atoms with van der Waals surface area (Å²) < 4.78 is -0.254. The molecule has 0 unspecified atom stereocenters. The van der Waals surface area contributed by atoms with Crippen LogP contribution in [0.25, 0.3) is 0 Å². The van der Waals surface area contributed by atoms with E-state index >= 15 is 0 Å². The van der Waals surface area contributed by atoms with Crippen molar-refractivity contribution in [2.24, 2.45) is 17.2 Å². The molecule has 0 amide bonds. The van der Waals surface area contributed by atoms with Gasteiger partial charge in [-0.05, 0) is 73.0 Å². The number of hydrogen-bond donors (Lipinski definition) is 7. The summed E-state index contributed by atoms with van der Waals surface area (Å²) in [5, 5.41) is 24.6. The summed E-state index contributed by atoms with van der Waals surface area (Å²) in [6, 6.07) is 0. The van der Waals surface area contributed by atoms with Crippen molar-refractivity contribution >= 4 is 88.4 Å². The molecular formula is C28H58ClLiN4O8S3. The van der Waals surface area contributed by atoms with Gasteiger partial charge in [-0.2, -0.15) is 12.6 Å². The number of carboxylic acids is 1. The van der Waals surface area contributed by atoms with Gasteiger partial charge in [0.05, 0.1) is 5.60 Å². The summed E-state index contributed by atoms with van der Waals surface area (Å²) in [6.07, 6.45) is 3.98. The monoisotopic (exact) mass is 716 g/mol. The van der Waals surface area contributed by atoms with Gasteiger partial charge in [-0.3, -0.25) is 10.2 Å². The average molecular weight is 717 g/mol. The Kier molecular flexibility index (Phi) is 47.5. The third kappa shape index (κ3) is 99.2. The number of aliphatic hydroxyl groups is 1. The fourth-order valence-electron chi connectivity index (χ4n) is 2.07. The first kappa shape index (κ1) is 62.6. The van der Waals surface area contributed by atoms with Crippen molar-refractivity contribution in [1.29, 1.82) is 5.41 Å². The Hall–Kier alpha value is -1.18. The topological polar surface area (TPSA) is 258 Å². The quantitative estimate of drug-likeness (QED) is 0.0472. The van der Waals surface area contributed by atoms with Crippen LogP contribution in [0.4, 0.5) is 0 Å². The number of thioether (sulfide) groups is 1. The summed E-state index contributed by atoms with van der Waals surface area (Å²) >= 11 is 9.57. The molecule has 0 bridgehead atoms. The minimum atomic E-state index is -0.753. The minimum absolute atomic E-state index is 0. The van der Waals surface area contributed by atoms with Crippen molar-refractivity contribution in [3.05, 3.63) is 0 Å². The number of thiocarbonyl (C=S) groups is 1. The Morgan fingerprint density at radius 2 is 1.02 bits per heavy atom. The number of thiol groups is 1. The molecule has 45 heavy (non-hydrogen) atoms. The number of halogens is 1. The molecule has 0 heterocycles. The van der Waals surface area contributed by atoms with E-state index in [9.17, 15) is 24.0 Å². The Balaban J connectivity index is -0.0000000641. The zero-order chi connectivity index (χ0) is 34.9. The van der Waals surface area contributed by atoms with Gasteiger partial charge in [-0.25, -0.2) is 0 Å². The molecule has 264 valence electrons. The molecule has 17 heteroatoms. The number of nitrogens with two attached hydrogens (primary N) is 3. The molecule has 0 saturated carbocycles. The first-order valence-electron chi connectivity index (χ1n) is 13.2. The van der Waals surface area contributed by atoms with Crippen LogP contribution in [0.15, 0.2) is 0 Å². The maximum atomic E-state index is 10.7. The van der Waals surface area contributed by atoms with Crippen molar-refractivity contribution < 1.29 is 58.5 Å². The van der Waals surface area contributed by atoms with Crippen molar-refractivity contribution in [1.82, 2.24) is 0 Å². The van der Waals surface area contributed by atoms with Gasteiger partial charge in [0, 0.05) is 41.6 Å². The van der Waals surface area contributed by atoms with Gasteiger partial charge in [-0.15, -0.1) is 12.4 Å². The fourth-order valence-corrected chi connectivity index (χ4v) is 2.98. The molecule has 0 aliphatic carbocycles. The third-order valence-corrected chi connectivity index (χ3v) is 5.53. The number of aliphatic carboxylic acids is 1. The fraction of sp³-hybridized carbons (Fsp3) is 0.750. The molecule has 0 aromatic heterocycles. The minimum Gasteiger partial charge on any atom is -0.870 e. The summed E-state index contributed by atoms with van der Waals surface area (Å²) in [4.78, 5) is 51.5. The summed E-state index contributed by atoms with van der Waals surface area (Å²) in [5.41, 5.74) is 13.8. The largest absolute Gasteiger partial charge is 1.00 e. The van der Waals surface area contributed by atoms with Crippen molar-refractivity contribution in [2.75, 3.05) is 0 Å². The van der Waals surface area contributed by atoms with E-state index in [1.54, 1.807) is 20.8 Å². The molecule has 0 spiro atoms. The molecule has 0 radical (unpaired) electrons. The van der Waals surface area contributed by atoms with Crippen molar-refractivity contribution in [2.45, 2.75) is 136 Å². The number of amidine groups is 1. The molecule has 12 nitrogen and oxygen atoms in total. The van der Waals surface area contributed by atoms with E-state index in [0.717, 1.165) is 6.42 Å². The van der Waals surface area contributed by atoms with Crippen LogP contribution in [0, 0.1) is 5.41 Å². The first-order chi connectivity index (χ1) is 18.5. The number of rotatable bonds is 13. The SMILES string of the molecule is CC(=O)CCC(C)(C)O.CC(=O)CCC(C)(C)SC(=N)N.CC(=O)CCC(C)=O.CC(C)(S)CCC(=O)O.Cl.NC(N)=S.[Li+].[OH-]. The van der Waals surface area contributed by atoms with Gasteiger partial charge in [0.15, 0.2) is 10.3 Å². The van der Waals surface area contributed by atoms with E-state index in [1.165, 1.54) is 32.5 Å². The van der Waals surface area contributed by atoms with Gasteiger partial charge >= 0.3 is 24.8 Å². The number of carbonyl (C=O) groups excluding carboxylic acids is 4. The maximum absolute atomic E-state index is 10.7. The predicted molar refractivity (Wildman–Crippen MR) is 190 cm³/mol. The van der Waals surface area contributed by atoms with Crippen LogP contribution >= 0.6 is 49.0 Å². The standard InChI is InChI=1S/C8H16N2OS.C7H14O2.C6H12O2S.C6H10O2.CH4N2S.ClH.Li.H2O/c1-6(11)4-5-8(2,3)12-7(9)10;1-6(8)4-5-7(2,3)9;1-6(2,9)4-3-5(7)8;1-5(7)3-4-6(2)8;2-1(3)4;;;/h4-5H2,1-3H3,(H3,9,10);9H,4-5H2,1-3H3;9H,3-4H2,1-2H3,(H,7,8);3-4H2,1-2H3;(H4,2,3,4);1H;;1H2/q;;;;;;+1;/p-1. The molecule has 0 aliphatic heterocycles. The zero-order valence-corrected chi connectivity index (χ0v) is 32.3. The smallest absolute Gasteiger partial charge is 0.870 e. The van der Waals surface area contributed by atoms with E-state index in [1.807, 2.05) is 27.7 Å². The molecule has 0 atom stereocenters. The number of carbonyl (C=O) groups is 5. The Morgan fingerprint density at radius 3 is 1.18 bits per heavy atom. The van der Waals surface area contributed by atoms with Crippen molar-refractivity contribution in [3.8, 4) is 0 Å². The average Bonchev–Trinajstić information content (AvgIpc) is 2.73.